The highest BCUT2D eigenvalue weighted by Gasteiger charge is 2.22. The van der Waals surface area contributed by atoms with Gasteiger partial charge in [-0.1, -0.05) is 13.8 Å². The Labute approximate surface area is 139 Å². The van der Waals surface area contributed by atoms with Crippen molar-refractivity contribution in [2.45, 2.75) is 23.6 Å². The number of hydrogen-bond acceptors (Lipinski definition) is 5. The van der Waals surface area contributed by atoms with E-state index in [1.54, 1.807) is 13.8 Å². The molecule has 0 saturated heterocycles. The Morgan fingerprint density at radius 3 is 1.83 bits per heavy atom. The highest BCUT2D eigenvalue weighted by molar-refractivity contribution is 7.89. The molecule has 0 amide bonds. The Balaban J connectivity index is 2.96. The van der Waals surface area contributed by atoms with E-state index >= 15 is 0 Å². The van der Waals surface area contributed by atoms with Crippen molar-refractivity contribution in [1.29, 1.82) is 0 Å². The Kier molecular flexibility index (Phi) is 7.15. The fourth-order valence-corrected chi connectivity index (χ4v) is 4.47. The number of hydrogen-bond donors (Lipinski definition) is 1. The molecule has 0 heterocycles. The maximum atomic E-state index is 12.4. The highest BCUT2D eigenvalue weighted by Crippen LogP contribution is 2.18. The van der Waals surface area contributed by atoms with Gasteiger partial charge in [-0.25, -0.2) is 21.6 Å². The number of likely N-dealkylation sites (N-methyl/N-ethyl adjacent to an activating group) is 1. The van der Waals surface area contributed by atoms with Gasteiger partial charge in [-0.3, -0.25) is 0 Å². The van der Waals surface area contributed by atoms with Gasteiger partial charge >= 0.3 is 0 Å². The van der Waals surface area contributed by atoms with Gasteiger partial charge in [-0.2, -0.15) is 4.31 Å². The zero-order valence-corrected chi connectivity index (χ0v) is 15.6. The predicted molar refractivity (Wildman–Crippen MR) is 90.3 cm³/mol. The topological polar surface area (TPSA) is 86.8 Å². The lowest BCUT2D eigenvalue weighted by atomic mass is 10.4. The number of sulfonamides is 2. The third-order valence-corrected chi connectivity index (χ3v) is 6.87. The molecular formula is C14H25N3O4S2. The van der Waals surface area contributed by atoms with Crippen molar-refractivity contribution in [3.8, 4) is 0 Å². The van der Waals surface area contributed by atoms with E-state index in [2.05, 4.69) is 4.72 Å². The zero-order valence-electron chi connectivity index (χ0n) is 14.0. The molecule has 0 unspecified atom stereocenters. The quantitative estimate of drug-likeness (QED) is 0.693. The molecule has 1 rings (SSSR count). The van der Waals surface area contributed by atoms with E-state index in [-0.39, 0.29) is 16.3 Å². The molecular weight excluding hydrogens is 338 g/mol. The molecule has 132 valence electrons. The molecule has 9 heteroatoms. The van der Waals surface area contributed by atoms with Crippen LogP contribution in [-0.2, 0) is 20.0 Å². The van der Waals surface area contributed by atoms with Crippen molar-refractivity contribution in [1.82, 2.24) is 13.9 Å². The van der Waals surface area contributed by atoms with Crippen LogP contribution in [0.1, 0.15) is 13.8 Å². The maximum Gasteiger partial charge on any atom is 0.243 e. The summed E-state index contributed by atoms with van der Waals surface area (Å²) in [6.07, 6.45) is 0. The molecule has 0 bridgehead atoms. The van der Waals surface area contributed by atoms with Crippen LogP contribution in [0, 0.1) is 0 Å². The minimum atomic E-state index is -3.63. The lowest BCUT2D eigenvalue weighted by molar-refractivity contribution is 0.412. The van der Waals surface area contributed by atoms with Crippen LogP contribution < -0.4 is 4.72 Å². The van der Waals surface area contributed by atoms with Crippen LogP contribution in [0.2, 0.25) is 0 Å². The first kappa shape index (κ1) is 20.0. The van der Waals surface area contributed by atoms with Crippen LogP contribution in [0.5, 0.6) is 0 Å². The van der Waals surface area contributed by atoms with E-state index in [0.29, 0.717) is 19.6 Å². The largest absolute Gasteiger partial charge is 0.308 e. The van der Waals surface area contributed by atoms with E-state index in [4.69, 9.17) is 0 Å². The molecule has 0 atom stereocenters. The summed E-state index contributed by atoms with van der Waals surface area (Å²) in [4.78, 5) is 2.01. The first-order valence-electron chi connectivity index (χ1n) is 7.39. The van der Waals surface area contributed by atoms with Crippen molar-refractivity contribution in [2.75, 3.05) is 40.3 Å². The van der Waals surface area contributed by atoms with Gasteiger partial charge in [0.05, 0.1) is 9.79 Å². The van der Waals surface area contributed by atoms with Gasteiger partial charge in [0.25, 0.3) is 0 Å². The summed E-state index contributed by atoms with van der Waals surface area (Å²) in [6, 6.07) is 5.28. The molecule has 7 nitrogen and oxygen atoms in total. The van der Waals surface area contributed by atoms with E-state index < -0.39 is 20.0 Å². The molecule has 0 aliphatic heterocycles. The van der Waals surface area contributed by atoms with Crippen LogP contribution in [0.3, 0.4) is 0 Å². The Morgan fingerprint density at radius 2 is 1.39 bits per heavy atom. The van der Waals surface area contributed by atoms with Crippen LogP contribution in [0.25, 0.3) is 0 Å². The molecule has 0 fully saturated rings. The second-order valence-corrected chi connectivity index (χ2v) is 8.97. The van der Waals surface area contributed by atoms with E-state index in [1.807, 2.05) is 19.0 Å². The van der Waals surface area contributed by atoms with E-state index in [1.165, 1.54) is 28.6 Å². The summed E-state index contributed by atoms with van der Waals surface area (Å²) in [5.41, 5.74) is 0. The molecule has 0 radical (unpaired) electrons. The van der Waals surface area contributed by atoms with Crippen molar-refractivity contribution >= 4 is 20.0 Å². The standard InChI is InChI=1S/C14H25N3O4S2/c1-5-17(6-2)23(20,21)14-9-7-13(8-10-14)22(18,19)15-11-12-16(3)4/h7-10,15H,5-6,11-12H2,1-4H3. The fourth-order valence-electron chi connectivity index (χ4n) is 1.99. The number of nitrogens with one attached hydrogen (secondary N) is 1. The van der Waals surface area contributed by atoms with Crippen LogP contribution in [0.4, 0.5) is 0 Å². The minimum absolute atomic E-state index is 0.0507. The summed E-state index contributed by atoms with van der Waals surface area (Å²) < 4.78 is 52.8. The first-order chi connectivity index (χ1) is 10.6. The van der Waals surface area contributed by atoms with E-state index in [9.17, 15) is 16.8 Å². The summed E-state index contributed by atoms with van der Waals surface area (Å²) in [5.74, 6) is 0. The predicted octanol–water partition coefficient (Wildman–Crippen LogP) is 0.557. The van der Waals surface area contributed by atoms with Crippen LogP contribution >= 0.6 is 0 Å². The average Bonchev–Trinajstić information content (AvgIpc) is 2.47. The molecule has 0 aliphatic rings. The molecule has 1 N–H and O–H groups in total. The van der Waals surface area contributed by atoms with Crippen molar-refractivity contribution in [3.05, 3.63) is 24.3 Å². The SMILES string of the molecule is CCN(CC)S(=O)(=O)c1ccc(S(=O)(=O)NCCN(C)C)cc1. The first-order valence-corrected chi connectivity index (χ1v) is 10.3. The van der Waals surface area contributed by atoms with Crippen LogP contribution in [0.15, 0.2) is 34.1 Å². The monoisotopic (exact) mass is 363 g/mol. The van der Waals surface area contributed by atoms with Crippen molar-refractivity contribution in [3.63, 3.8) is 0 Å². The second kappa shape index (κ2) is 8.20. The Hall–Kier alpha value is -1.00. The van der Waals surface area contributed by atoms with Gasteiger partial charge in [-0.15, -0.1) is 0 Å². The Morgan fingerprint density at radius 1 is 0.913 bits per heavy atom. The molecule has 1 aromatic carbocycles. The highest BCUT2D eigenvalue weighted by atomic mass is 32.2. The average molecular weight is 364 g/mol. The van der Waals surface area contributed by atoms with E-state index in [0.717, 1.165) is 0 Å². The normalized spacial score (nSPS) is 13.0. The fraction of sp³-hybridized carbons (Fsp3) is 0.571. The molecule has 0 saturated carbocycles. The van der Waals surface area contributed by atoms with Crippen molar-refractivity contribution < 1.29 is 16.8 Å². The molecule has 0 aromatic heterocycles. The molecule has 23 heavy (non-hydrogen) atoms. The summed E-state index contributed by atoms with van der Waals surface area (Å²) in [7, 11) is -3.52. The van der Waals surface area contributed by atoms with Crippen molar-refractivity contribution in [2.24, 2.45) is 0 Å². The summed E-state index contributed by atoms with van der Waals surface area (Å²) in [5, 5.41) is 0. The number of nitrogens with zero attached hydrogens (tertiary/aromatic N) is 2. The minimum Gasteiger partial charge on any atom is -0.308 e. The second-order valence-electron chi connectivity index (χ2n) is 5.26. The lowest BCUT2D eigenvalue weighted by Gasteiger charge is -2.18. The molecule has 0 aliphatic carbocycles. The smallest absolute Gasteiger partial charge is 0.243 e. The van der Waals surface area contributed by atoms with Gasteiger partial charge in [0.1, 0.15) is 0 Å². The summed E-state index contributed by atoms with van der Waals surface area (Å²) in [6.45, 7) is 5.11. The third-order valence-electron chi connectivity index (χ3n) is 3.33. The molecule has 1 aromatic rings. The maximum absolute atomic E-state index is 12.4. The van der Waals surface area contributed by atoms with Gasteiger partial charge < -0.3 is 4.90 Å². The molecule has 0 spiro atoms. The van der Waals surface area contributed by atoms with Gasteiger partial charge in [-0.05, 0) is 38.4 Å². The van der Waals surface area contributed by atoms with Gasteiger partial charge in [0.15, 0.2) is 0 Å². The van der Waals surface area contributed by atoms with Gasteiger partial charge in [0, 0.05) is 26.2 Å². The number of rotatable bonds is 9. The van der Waals surface area contributed by atoms with Gasteiger partial charge in [0.2, 0.25) is 20.0 Å². The third kappa shape index (κ3) is 5.25. The Bertz CT molecular complexity index is 694. The summed E-state index contributed by atoms with van der Waals surface area (Å²) >= 11 is 0. The lowest BCUT2D eigenvalue weighted by Crippen LogP contribution is -2.32. The zero-order chi connectivity index (χ0) is 17.7. The number of benzene rings is 1. The van der Waals surface area contributed by atoms with Crippen LogP contribution in [-0.4, -0.2) is 66.3 Å².